The molecule has 3 atom stereocenters. The van der Waals surface area contributed by atoms with E-state index >= 15 is 0 Å². The topological polar surface area (TPSA) is 99.2 Å². The van der Waals surface area contributed by atoms with Gasteiger partial charge in [0.15, 0.2) is 5.82 Å². The highest BCUT2D eigenvalue weighted by atomic mass is 16.2. The molecule has 38 heavy (non-hydrogen) atoms. The van der Waals surface area contributed by atoms with Gasteiger partial charge in [0.25, 0.3) is 5.91 Å². The van der Waals surface area contributed by atoms with E-state index in [-0.39, 0.29) is 11.8 Å². The van der Waals surface area contributed by atoms with Gasteiger partial charge in [-0.25, -0.2) is 9.97 Å². The Bertz CT molecular complexity index is 1210. The van der Waals surface area contributed by atoms with Crippen LogP contribution in [0.1, 0.15) is 46.7 Å². The number of carbonyl (C=O) groups is 2. The van der Waals surface area contributed by atoms with Gasteiger partial charge in [-0.15, -0.1) is 0 Å². The smallest absolute Gasteiger partial charge is 0.251 e. The van der Waals surface area contributed by atoms with Crippen molar-refractivity contribution in [3.63, 3.8) is 0 Å². The van der Waals surface area contributed by atoms with Gasteiger partial charge in [-0.05, 0) is 56.5 Å². The molecule has 2 heterocycles. The molecule has 8 nitrogen and oxygen atoms in total. The number of nitrogens with zero attached hydrogens (tertiary/aromatic N) is 3. The molecule has 0 bridgehead atoms. The molecule has 8 heteroatoms. The summed E-state index contributed by atoms with van der Waals surface area (Å²) >= 11 is 0. The summed E-state index contributed by atoms with van der Waals surface area (Å²) in [5.74, 6) is 0.934. The van der Waals surface area contributed by atoms with Gasteiger partial charge in [-0.3, -0.25) is 9.59 Å². The number of hydrogen-bond donors (Lipinski definition) is 3. The molecule has 2 aliphatic rings. The quantitative estimate of drug-likeness (QED) is 0.361. The van der Waals surface area contributed by atoms with E-state index in [1.807, 2.05) is 17.0 Å². The molecule has 1 saturated heterocycles. The third-order valence-electron chi connectivity index (χ3n) is 7.38. The van der Waals surface area contributed by atoms with Crippen molar-refractivity contribution in [1.29, 1.82) is 0 Å². The molecule has 1 aliphatic heterocycles. The molecule has 0 radical (unpaired) electrons. The molecule has 1 saturated carbocycles. The molecule has 1 aromatic heterocycles. The number of carbonyl (C=O) groups excluding carboxylic acids is 2. The van der Waals surface area contributed by atoms with Crippen LogP contribution in [0.25, 0.3) is 11.4 Å². The number of piperazine rings is 1. The molecule has 1 aliphatic carbocycles. The first kappa shape index (κ1) is 26.0. The molecule has 0 unspecified atom stereocenters. The lowest BCUT2D eigenvalue weighted by Gasteiger charge is -2.31. The van der Waals surface area contributed by atoms with Gasteiger partial charge in [0.1, 0.15) is 6.04 Å². The van der Waals surface area contributed by atoms with E-state index in [0.717, 1.165) is 38.0 Å². The van der Waals surface area contributed by atoms with Crippen LogP contribution in [0.15, 0.2) is 67.0 Å². The van der Waals surface area contributed by atoms with Crippen LogP contribution in [0.5, 0.6) is 0 Å². The van der Waals surface area contributed by atoms with E-state index < -0.39 is 6.04 Å². The van der Waals surface area contributed by atoms with Crippen LogP contribution >= 0.6 is 0 Å². The third kappa shape index (κ3) is 6.62. The van der Waals surface area contributed by atoms with Gasteiger partial charge in [0.05, 0.1) is 0 Å². The fourth-order valence-corrected chi connectivity index (χ4v) is 5.02. The zero-order valence-electron chi connectivity index (χ0n) is 21.9. The fraction of sp³-hybridized carbons (Fsp3) is 0.400. The second-order valence-electron chi connectivity index (χ2n) is 10.2. The van der Waals surface area contributed by atoms with Crippen molar-refractivity contribution in [2.45, 2.75) is 44.2 Å². The summed E-state index contributed by atoms with van der Waals surface area (Å²) in [6.07, 6.45) is 5.93. The highest BCUT2D eigenvalue weighted by molar-refractivity contribution is 5.97. The first-order valence-electron chi connectivity index (χ1n) is 13.6. The maximum absolute atomic E-state index is 13.4. The predicted octanol–water partition coefficient (Wildman–Crippen LogP) is 2.91. The third-order valence-corrected chi connectivity index (χ3v) is 7.38. The van der Waals surface area contributed by atoms with Crippen molar-refractivity contribution in [1.82, 2.24) is 30.8 Å². The summed E-state index contributed by atoms with van der Waals surface area (Å²) in [5.41, 5.74) is 4.02. The van der Waals surface area contributed by atoms with Crippen LogP contribution in [0.2, 0.25) is 0 Å². The highest BCUT2D eigenvalue weighted by Gasteiger charge is 2.37. The highest BCUT2D eigenvalue weighted by Crippen LogP contribution is 2.40. The SMILES string of the molecule is Cc1ccc([C@@H]2C[C@H]2NCCC[C@H](NC(=O)c2ccc(-c3ncccn3)cc2)C(=O)N2CCNCC2)cc1. The number of aromatic nitrogens is 2. The van der Waals surface area contributed by atoms with E-state index in [9.17, 15) is 9.59 Å². The summed E-state index contributed by atoms with van der Waals surface area (Å²) < 4.78 is 0. The maximum Gasteiger partial charge on any atom is 0.251 e. The molecule has 2 aromatic carbocycles. The first-order valence-corrected chi connectivity index (χ1v) is 13.6. The minimum Gasteiger partial charge on any atom is -0.340 e. The maximum atomic E-state index is 13.4. The molecular formula is C30H36N6O2. The molecule has 5 rings (SSSR count). The van der Waals surface area contributed by atoms with E-state index in [2.05, 4.69) is 57.1 Å². The van der Waals surface area contributed by atoms with E-state index in [1.54, 1.807) is 30.6 Å². The molecule has 2 amide bonds. The number of rotatable bonds is 10. The Hall–Kier alpha value is -3.62. The summed E-state index contributed by atoms with van der Waals surface area (Å²) in [7, 11) is 0. The molecule has 198 valence electrons. The van der Waals surface area contributed by atoms with Crippen molar-refractivity contribution in [3.8, 4) is 11.4 Å². The minimum atomic E-state index is -0.549. The monoisotopic (exact) mass is 512 g/mol. The summed E-state index contributed by atoms with van der Waals surface area (Å²) in [4.78, 5) is 36.9. The largest absolute Gasteiger partial charge is 0.340 e. The first-order chi connectivity index (χ1) is 18.6. The van der Waals surface area contributed by atoms with Crippen LogP contribution in [0.4, 0.5) is 0 Å². The predicted molar refractivity (Wildman–Crippen MR) is 148 cm³/mol. The normalized spacial score (nSPS) is 19.6. The van der Waals surface area contributed by atoms with E-state index in [0.29, 0.717) is 42.9 Å². The van der Waals surface area contributed by atoms with Crippen molar-refractivity contribution in [2.24, 2.45) is 0 Å². The summed E-state index contributed by atoms with van der Waals surface area (Å²) in [5, 5.41) is 9.95. The molecule has 0 spiro atoms. The summed E-state index contributed by atoms with van der Waals surface area (Å²) in [6, 6.07) is 17.7. The van der Waals surface area contributed by atoms with E-state index in [4.69, 9.17) is 0 Å². The molecular weight excluding hydrogens is 476 g/mol. The van der Waals surface area contributed by atoms with Crippen molar-refractivity contribution in [2.75, 3.05) is 32.7 Å². The Balaban J connectivity index is 1.16. The Morgan fingerprint density at radius 3 is 2.45 bits per heavy atom. The number of hydrogen-bond acceptors (Lipinski definition) is 6. The zero-order valence-corrected chi connectivity index (χ0v) is 21.9. The molecule has 2 fully saturated rings. The van der Waals surface area contributed by atoms with Gasteiger partial charge >= 0.3 is 0 Å². The van der Waals surface area contributed by atoms with E-state index in [1.165, 1.54) is 11.1 Å². The Labute approximate surface area is 224 Å². The van der Waals surface area contributed by atoms with Crippen molar-refractivity contribution in [3.05, 3.63) is 83.7 Å². The average molecular weight is 513 g/mol. The van der Waals surface area contributed by atoms with Crippen molar-refractivity contribution < 1.29 is 9.59 Å². The van der Waals surface area contributed by atoms with Gasteiger partial charge in [0.2, 0.25) is 5.91 Å². The van der Waals surface area contributed by atoms with Gasteiger partial charge in [-0.1, -0.05) is 42.0 Å². The van der Waals surface area contributed by atoms with Crippen molar-refractivity contribution >= 4 is 11.8 Å². The Kier molecular flexibility index (Phi) is 8.41. The minimum absolute atomic E-state index is 0.00175. The van der Waals surface area contributed by atoms with Crippen LogP contribution < -0.4 is 16.0 Å². The lowest BCUT2D eigenvalue weighted by atomic mass is 10.1. The number of benzene rings is 2. The Morgan fingerprint density at radius 1 is 1.03 bits per heavy atom. The van der Waals surface area contributed by atoms with Crippen LogP contribution in [0.3, 0.4) is 0 Å². The zero-order chi connectivity index (χ0) is 26.3. The number of aryl methyl sites for hydroxylation is 1. The standard InChI is InChI=1S/C30H36N6O2/c1-21-5-7-22(8-6-21)25-20-27(25)32-13-2-4-26(30(38)36-18-16-31-17-19-36)35-29(37)24-11-9-23(10-12-24)28-33-14-3-15-34-28/h3,5-12,14-15,25-27,31-32H,2,4,13,16-20H2,1H3,(H,35,37)/t25-,26-,27+/m0/s1. The van der Waals surface area contributed by atoms with Gasteiger partial charge < -0.3 is 20.9 Å². The average Bonchev–Trinajstić information content (AvgIpc) is 3.75. The Morgan fingerprint density at radius 2 is 1.74 bits per heavy atom. The molecule has 3 aromatic rings. The van der Waals surface area contributed by atoms with Crippen LogP contribution in [0, 0.1) is 6.92 Å². The number of amides is 2. The number of nitrogens with one attached hydrogen (secondary N) is 3. The second-order valence-corrected chi connectivity index (χ2v) is 10.2. The fourth-order valence-electron chi connectivity index (χ4n) is 5.02. The lowest BCUT2D eigenvalue weighted by Crippen LogP contribution is -2.54. The van der Waals surface area contributed by atoms with Crippen LogP contribution in [-0.4, -0.2) is 71.5 Å². The van der Waals surface area contributed by atoms with Crippen LogP contribution in [-0.2, 0) is 4.79 Å². The van der Waals surface area contributed by atoms with Gasteiger partial charge in [0, 0.05) is 61.7 Å². The second kappa shape index (κ2) is 12.3. The summed E-state index contributed by atoms with van der Waals surface area (Å²) in [6.45, 7) is 5.81. The lowest BCUT2D eigenvalue weighted by molar-refractivity contribution is -0.134. The molecule has 3 N–H and O–H groups in total. The van der Waals surface area contributed by atoms with Gasteiger partial charge in [-0.2, -0.15) is 0 Å².